The van der Waals surface area contributed by atoms with Crippen molar-refractivity contribution in [1.82, 2.24) is 5.32 Å². The highest BCUT2D eigenvalue weighted by Crippen LogP contribution is 2.04. The molecule has 0 bridgehead atoms. The summed E-state index contributed by atoms with van der Waals surface area (Å²) < 4.78 is 0. The van der Waals surface area contributed by atoms with Crippen molar-refractivity contribution < 1.29 is 9.90 Å². The summed E-state index contributed by atoms with van der Waals surface area (Å²) in [6.07, 6.45) is 0.500. The van der Waals surface area contributed by atoms with Gasteiger partial charge in [0.05, 0.1) is 6.61 Å². The Labute approximate surface area is 83.8 Å². The largest absolute Gasteiger partial charge is 0.392 e. The molecule has 0 unspecified atom stereocenters. The molecule has 1 aromatic carbocycles. The molecule has 0 aliphatic heterocycles. The maximum atomic E-state index is 11.0. The molecule has 3 nitrogen and oxygen atoms in total. The molecule has 1 aromatic rings. The number of hydrogen-bond donors (Lipinski definition) is 2. The van der Waals surface area contributed by atoms with Gasteiger partial charge in [0.1, 0.15) is 0 Å². The number of aliphatic hydroxyl groups excluding tert-OH is 1. The lowest BCUT2D eigenvalue weighted by atomic mass is 10.1. The van der Waals surface area contributed by atoms with Gasteiger partial charge < -0.3 is 10.4 Å². The van der Waals surface area contributed by atoms with Crippen molar-refractivity contribution in [2.75, 3.05) is 0 Å². The fourth-order valence-electron chi connectivity index (χ4n) is 1.16. The first-order valence-corrected chi connectivity index (χ1v) is 4.71. The predicted octanol–water partition coefficient (Wildman–Crippen LogP) is 1.21. The number of benzene rings is 1. The third-order valence-corrected chi connectivity index (χ3v) is 1.98. The van der Waals surface area contributed by atoms with Crippen LogP contribution in [0.5, 0.6) is 0 Å². The molecule has 0 aliphatic rings. The van der Waals surface area contributed by atoms with E-state index in [9.17, 15) is 4.79 Å². The molecule has 0 aromatic heterocycles. The lowest BCUT2D eigenvalue weighted by Crippen LogP contribution is -2.21. The minimum absolute atomic E-state index is 0.0373. The van der Waals surface area contributed by atoms with Gasteiger partial charge in [-0.15, -0.1) is 0 Å². The van der Waals surface area contributed by atoms with E-state index in [4.69, 9.17) is 5.11 Å². The standard InChI is InChI=1S/C11H15NO2/c1-2-11(14)12-7-9-4-3-5-10(6-9)8-13/h3-6,13H,2,7-8H2,1H3,(H,12,14). The van der Waals surface area contributed by atoms with E-state index in [0.29, 0.717) is 13.0 Å². The predicted molar refractivity (Wildman–Crippen MR) is 54.5 cm³/mol. The Morgan fingerprint density at radius 3 is 2.79 bits per heavy atom. The highest BCUT2D eigenvalue weighted by molar-refractivity contribution is 5.75. The van der Waals surface area contributed by atoms with Crippen LogP contribution < -0.4 is 5.32 Å². The molecule has 76 valence electrons. The van der Waals surface area contributed by atoms with Gasteiger partial charge in [-0.25, -0.2) is 0 Å². The van der Waals surface area contributed by atoms with Crippen LogP contribution in [0.1, 0.15) is 24.5 Å². The average molecular weight is 193 g/mol. The van der Waals surface area contributed by atoms with Crippen LogP contribution in [0.2, 0.25) is 0 Å². The van der Waals surface area contributed by atoms with Crippen molar-refractivity contribution in [1.29, 1.82) is 0 Å². The topological polar surface area (TPSA) is 49.3 Å². The van der Waals surface area contributed by atoms with Crippen molar-refractivity contribution in [3.63, 3.8) is 0 Å². The summed E-state index contributed by atoms with van der Waals surface area (Å²) in [4.78, 5) is 11.0. The molecule has 0 fully saturated rings. The Morgan fingerprint density at radius 1 is 1.43 bits per heavy atom. The van der Waals surface area contributed by atoms with Crippen LogP contribution in [0.4, 0.5) is 0 Å². The fraction of sp³-hybridized carbons (Fsp3) is 0.364. The van der Waals surface area contributed by atoms with Gasteiger partial charge in [0.2, 0.25) is 5.91 Å². The van der Waals surface area contributed by atoms with Crippen molar-refractivity contribution >= 4 is 5.91 Å². The summed E-state index contributed by atoms with van der Waals surface area (Å²) in [6, 6.07) is 7.54. The van der Waals surface area contributed by atoms with Crippen LogP contribution in [0.25, 0.3) is 0 Å². The molecule has 0 saturated heterocycles. The van der Waals surface area contributed by atoms with E-state index in [1.165, 1.54) is 0 Å². The molecular formula is C11H15NO2. The summed E-state index contributed by atoms with van der Waals surface area (Å²) in [5.41, 5.74) is 1.88. The minimum Gasteiger partial charge on any atom is -0.392 e. The fourth-order valence-corrected chi connectivity index (χ4v) is 1.16. The first kappa shape index (κ1) is 10.7. The number of carbonyl (C=O) groups excluding carboxylic acids is 1. The normalized spacial score (nSPS) is 9.86. The van der Waals surface area contributed by atoms with Crippen LogP contribution in [0.3, 0.4) is 0 Å². The molecule has 0 radical (unpaired) electrons. The van der Waals surface area contributed by atoms with E-state index in [0.717, 1.165) is 11.1 Å². The highest BCUT2D eigenvalue weighted by Gasteiger charge is 1.98. The maximum absolute atomic E-state index is 11.0. The molecule has 0 heterocycles. The molecule has 14 heavy (non-hydrogen) atoms. The van der Waals surface area contributed by atoms with Crippen LogP contribution in [-0.2, 0) is 17.9 Å². The first-order valence-electron chi connectivity index (χ1n) is 4.71. The second kappa shape index (κ2) is 5.40. The zero-order chi connectivity index (χ0) is 10.4. The van der Waals surface area contributed by atoms with Crippen molar-refractivity contribution in [3.05, 3.63) is 35.4 Å². The number of rotatable bonds is 4. The maximum Gasteiger partial charge on any atom is 0.219 e. The van der Waals surface area contributed by atoms with E-state index in [-0.39, 0.29) is 12.5 Å². The number of hydrogen-bond acceptors (Lipinski definition) is 2. The zero-order valence-electron chi connectivity index (χ0n) is 8.29. The Hall–Kier alpha value is -1.35. The van der Waals surface area contributed by atoms with Crippen molar-refractivity contribution in [3.8, 4) is 0 Å². The summed E-state index contributed by atoms with van der Waals surface area (Å²) in [5.74, 6) is 0.0411. The van der Waals surface area contributed by atoms with Crippen LogP contribution in [-0.4, -0.2) is 11.0 Å². The zero-order valence-corrected chi connectivity index (χ0v) is 8.29. The third kappa shape index (κ3) is 3.18. The van der Waals surface area contributed by atoms with Gasteiger partial charge in [0.15, 0.2) is 0 Å². The van der Waals surface area contributed by atoms with E-state index < -0.39 is 0 Å². The number of amides is 1. The van der Waals surface area contributed by atoms with Crippen molar-refractivity contribution in [2.24, 2.45) is 0 Å². The number of nitrogens with one attached hydrogen (secondary N) is 1. The molecule has 0 aliphatic carbocycles. The van der Waals surface area contributed by atoms with E-state index >= 15 is 0 Å². The molecule has 0 atom stereocenters. The highest BCUT2D eigenvalue weighted by atomic mass is 16.3. The molecule has 2 N–H and O–H groups in total. The quantitative estimate of drug-likeness (QED) is 0.755. The lowest BCUT2D eigenvalue weighted by molar-refractivity contribution is -0.120. The minimum atomic E-state index is 0.0373. The second-order valence-electron chi connectivity index (χ2n) is 3.11. The van der Waals surface area contributed by atoms with Crippen LogP contribution >= 0.6 is 0 Å². The molecule has 1 amide bonds. The molecule has 3 heteroatoms. The molecular weight excluding hydrogens is 178 g/mol. The Kier molecular flexibility index (Phi) is 4.13. The monoisotopic (exact) mass is 193 g/mol. The van der Waals surface area contributed by atoms with Gasteiger partial charge >= 0.3 is 0 Å². The summed E-state index contributed by atoms with van der Waals surface area (Å²) in [7, 11) is 0. The SMILES string of the molecule is CCC(=O)NCc1cccc(CO)c1. The van der Waals surface area contributed by atoms with Gasteiger partial charge in [-0.3, -0.25) is 4.79 Å². The lowest BCUT2D eigenvalue weighted by Gasteiger charge is -2.04. The Morgan fingerprint density at radius 2 is 2.14 bits per heavy atom. The summed E-state index contributed by atoms with van der Waals surface area (Å²) in [6.45, 7) is 2.38. The van der Waals surface area contributed by atoms with Gasteiger partial charge in [-0.1, -0.05) is 31.2 Å². The van der Waals surface area contributed by atoms with Gasteiger partial charge in [-0.2, -0.15) is 0 Å². The second-order valence-corrected chi connectivity index (χ2v) is 3.11. The van der Waals surface area contributed by atoms with Gasteiger partial charge in [0.25, 0.3) is 0 Å². The Bertz CT molecular complexity index is 310. The summed E-state index contributed by atoms with van der Waals surface area (Å²) in [5, 5.41) is 11.7. The smallest absolute Gasteiger partial charge is 0.219 e. The molecule has 1 rings (SSSR count). The molecule has 0 spiro atoms. The van der Waals surface area contributed by atoms with E-state index in [1.807, 2.05) is 31.2 Å². The van der Waals surface area contributed by atoms with Gasteiger partial charge in [-0.05, 0) is 11.1 Å². The Balaban J connectivity index is 2.54. The van der Waals surface area contributed by atoms with E-state index in [1.54, 1.807) is 0 Å². The average Bonchev–Trinajstić information content (AvgIpc) is 2.26. The van der Waals surface area contributed by atoms with Crippen LogP contribution in [0.15, 0.2) is 24.3 Å². The van der Waals surface area contributed by atoms with Gasteiger partial charge in [0, 0.05) is 13.0 Å². The summed E-state index contributed by atoms with van der Waals surface area (Å²) >= 11 is 0. The number of carbonyl (C=O) groups is 1. The van der Waals surface area contributed by atoms with Crippen LogP contribution in [0, 0.1) is 0 Å². The van der Waals surface area contributed by atoms with E-state index in [2.05, 4.69) is 5.32 Å². The third-order valence-electron chi connectivity index (χ3n) is 1.98. The van der Waals surface area contributed by atoms with Crippen molar-refractivity contribution in [2.45, 2.75) is 26.5 Å². The molecule has 0 saturated carbocycles. The first-order chi connectivity index (χ1) is 6.76. The number of aliphatic hydroxyl groups is 1.